The normalized spacial score (nSPS) is 12.3. The highest BCUT2D eigenvalue weighted by Gasteiger charge is 2.24. The van der Waals surface area contributed by atoms with Gasteiger partial charge in [0.15, 0.2) is 11.4 Å². The van der Waals surface area contributed by atoms with Gasteiger partial charge >= 0.3 is 11.7 Å². The van der Waals surface area contributed by atoms with Gasteiger partial charge in [0.2, 0.25) is 0 Å². The molecule has 0 amide bonds. The molecule has 0 spiro atoms. The smallest absolute Gasteiger partial charge is 0.417 e. The van der Waals surface area contributed by atoms with Gasteiger partial charge in [-0.3, -0.25) is 14.6 Å². The van der Waals surface area contributed by atoms with Crippen LogP contribution < -0.4 is 11.1 Å². The Kier molecular flexibility index (Phi) is 5.67. The number of ketones is 1. The maximum Gasteiger partial charge on any atom is 0.417 e. The average Bonchev–Trinajstić information content (AvgIpc) is 2.90. The summed E-state index contributed by atoms with van der Waals surface area (Å²) >= 11 is 0. The Bertz CT molecular complexity index is 748. The van der Waals surface area contributed by atoms with E-state index in [2.05, 4.69) is 10.3 Å². The van der Waals surface area contributed by atoms with Crippen LogP contribution in [-0.2, 0) is 9.53 Å². The lowest BCUT2D eigenvalue weighted by Gasteiger charge is -2.16. The van der Waals surface area contributed by atoms with E-state index in [1.54, 1.807) is 13.0 Å². The summed E-state index contributed by atoms with van der Waals surface area (Å²) in [5, 5.41) is 11.7. The Hall–Kier alpha value is -2.45. The summed E-state index contributed by atoms with van der Waals surface area (Å²) < 4.78 is 9.78. The van der Waals surface area contributed by atoms with Crippen LogP contribution in [0.2, 0.25) is 0 Å². The molecule has 1 aromatic heterocycles. The molecule has 0 aliphatic carbocycles. The Morgan fingerprint density at radius 3 is 2.91 bits per heavy atom. The number of rotatable bonds is 8. The molecule has 0 fully saturated rings. The Balaban J connectivity index is 2.22. The van der Waals surface area contributed by atoms with Crippen LogP contribution in [0.1, 0.15) is 23.7 Å². The number of nitrogens with one attached hydrogen (secondary N) is 2. The molecule has 8 nitrogen and oxygen atoms in total. The van der Waals surface area contributed by atoms with Crippen molar-refractivity contribution in [2.45, 2.75) is 19.4 Å². The minimum atomic E-state index is -0.829. The second-order valence-electron chi connectivity index (χ2n) is 4.83. The lowest BCUT2D eigenvalue weighted by Crippen LogP contribution is -2.40. The van der Waals surface area contributed by atoms with Gasteiger partial charge in [-0.2, -0.15) is 0 Å². The summed E-state index contributed by atoms with van der Waals surface area (Å²) in [6.07, 6.45) is -0.151. The summed E-state index contributed by atoms with van der Waals surface area (Å²) in [5.74, 6) is -1.46. The van der Waals surface area contributed by atoms with E-state index in [-0.39, 0.29) is 37.5 Å². The fourth-order valence-corrected chi connectivity index (χ4v) is 2.18. The van der Waals surface area contributed by atoms with Gasteiger partial charge in [0, 0.05) is 12.1 Å². The first kappa shape index (κ1) is 16.9. The number of aliphatic hydroxyl groups is 1. The van der Waals surface area contributed by atoms with E-state index in [9.17, 15) is 14.4 Å². The standard InChI is InChI=1S/C15H18N2O6/c1-2-22-13(19)8-11(16-5-6-18)14(20)9-3-4-10-12(7-9)23-15(21)17-10/h3-4,7,11,16,18H,2,5-6,8H2,1H3,(H,17,21). The predicted octanol–water partition coefficient (Wildman–Crippen LogP) is 0.207. The number of hydrogen-bond acceptors (Lipinski definition) is 7. The molecule has 23 heavy (non-hydrogen) atoms. The molecule has 2 rings (SSSR count). The molecule has 0 saturated heterocycles. The molecular weight excluding hydrogens is 304 g/mol. The number of H-pyrrole nitrogens is 1. The van der Waals surface area contributed by atoms with Crippen LogP contribution in [0.3, 0.4) is 0 Å². The highest BCUT2D eigenvalue weighted by atomic mass is 16.5. The number of ether oxygens (including phenoxy) is 1. The molecule has 0 radical (unpaired) electrons. The minimum absolute atomic E-state index is 0.151. The molecule has 0 aliphatic rings. The van der Waals surface area contributed by atoms with Crippen molar-refractivity contribution in [3.8, 4) is 0 Å². The fraction of sp³-hybridized carbons (Fsp3) is 0.400. The molecule has 3 N–H and O–H groups in total. The quantitative estimate of drug-likeness (QED) is 0.469. The van der Waals surface area contributed by atoms with E-state index in [4.69, 9.17) is 14.3 Å². The SMILES string of the molecule is CCOC(=O)CC(NCCO)C(=O)c1ccc2[nH]c(=O)oc2c1. The molecule has 1 atom stereocenters. The van der Waals surface area contributed by atoms with Crippen LogP contribution in [0.5, 0.6) is 0 Å². The van der Waals surface area contributed by atoms with Gasteiger partial charge in [-0.15, -0.1) is 0 Å². The summed E-state index contributed by atoms with van der Waals surface area (Å²) in [6, 6.07) is 3.70. The summed E-state index contributed by atoms with van der Waals surface area (Å²) in [4.78, 5) is 37.8. The Morgan fingerprint density at radius 1 is 1.43 bits per heavy atom. The number of benzene rings is 1. The van der Waals surface area contributed by atoms with E-state index in [1.165, 1.54) is 12.1 Å². The van der Waals surface area contributed by atoms with E-state index >= 15 is 0 Å². The van der Waals surface area contributed by atoms with E-state index in [0.29, 0.717) is 11.1 Å². The van der Waals surface area contributed by atoms with E-state index < -0.39 is 17.8 Å². The van der Waals surface area contributed by atoms with Gasteiger partial charge in [-0.05, 0) is 25.1 Å². The monoisotopic (exact) mass is 322 g/mol. The number of hydrogen-bond donors (Lipinski definition) is 3. The van der Waals surface area contributed by atoms with Gasteiger partial charge in [-0.25, -0.2) is 4.79 Å². The number of carbonyl (C=O) groups excluding carboxylic acids is 2. The highest BCUT2D eigenvalue weighted by Crippen LogP contribution is 2.15. The van der Waals surface area contributed by atoms with Crippen molar-refractivity contribution in [3.05, 3.63) is 34.3 Å². The van der Waals surface area contributed by atoms with Crippen molar-refractivity contribution >= 4 is 22.9 Å². The third-order valence-corrected chi connectivity index (χ3v) is 3.20. The zero-order valence-electron chi connectivity index (χ0n) is 12.6. The zero-order chi connectivity index (χ0) is 16.8. The molecule has 0 saturated carbocycles. The zero-order valence-corrected chi connectivity index (χ0v) is 12.6. The molecule has 1 unspecified atom stereocenters. The average molecular weight is 322 g/mol. The molecule has 0 aliphatic heterocycles. The molecule has 0 bridgehead atoms. The van der Waals surface area contributed by atoms with Crippen LogP contribution in [-0.4, -0.2) is 47.6 Å². The number of esters is 1. The van der Waals surface area contributed by atoms with Crippen LogP contribution in [0.15, 0.2) is 27.4 Å². The van der Waals surface area contributed by atoms with Gasteiger partial charge in [0.1, 0.15) is 0 Å². The third kappa shape index (κ3) is 4.27. The number of fused-ring (bicyclic) bond motifs is 1. The van der Waals surface area contributed by atoms with Crippen molar-refractivity contribution in [2.24, 2.45) is 0 Å². The first-order valence-corrected chi connectivity index (χ1v) is 7.22. The summed E-state index contributed by atoms with van der Waals surface area (Å²) in [5.41, 5.74) is 1.04. The van der Waals surface area contributed by atoms with Crippen LogP contribution >= 0.6 is 0 Å². The number of aliphatic hydroxyl groups excluding tert-OH is 1. The largest absolute Gasteiger partial charge is 0.466 e. The molecule has 124 valence electrons. The van der Waals surface area contributed by atoms with Crippen LogP contribution in [0.4, 0.5) is 0 Å². The first-order chi connectivity index (χ1) is 11.0. The lowest BCUT2D eigenvalue weighted by molar-refractivity contribution is -0.143. The van der Waals surface area contributed by atoms with E-state index in [0.717, 1.165) is 0 Å². The van der Waals surface area contributed by atoms with Crippen LogP contribution in [0, 0.1) is 0 Å². The second-order valence-corrected chi connectivity index (χ2v) is 4.83. The van der Waals surface area contributed by atoms with Crippen molar-refractivity contribution in [3.63, 3.8) is 0 Å². The number of aromatic amines is 1. The fourth-order valence-electron chi connectivity index (χ4n) is 2.18. The Morgan fingerprint density at radius 2 is 2.22 bits per heavy atom. The van der Waals surface area contributed by atoms with Crippen molar-refractivity contribution in [1.82, 2.24) is 10.3 Å². The maximum atomic E-state index is 12.6. The second kappa shape index (κ2) is 7.70. The third-order valence-electron chi connectivity index (χ3n) is 3.20. The van der Waals surface area contributed by atoms with Crippen molar-refractivity contribution < 1.29 is 23.8 Å². The number of aromatic nitrogens is 1. The van der Waals surface area contributed by atoms with Crippen molar-refractivity contribution in [2.75, 3.05) is 19.8 Å². The molecule has 1 heterocycles. The Labute approximate surface area is 131 Å². The van der Waals surface area contributed by atoms with Crippen LogP contribution in [0.25, 0.3) is 11.1 Å². The number of Topliss-reactive ketones (excluding diaryl/α,β-unsaturated/α-hetero) is 1. The molecule has 8 heteroatoms. The molecule has 1 aromatic carbocycles. The van der Waals surface area contributed by atoms with Gasteiger partial charge < -0.3 is 19.6 Å². The predicted molar refractivity (Wildman–Crippen MR) is 81.3 cm³/mol. The molecular formula is C15H18N2O6. The van der Waals surface area contributed by atoms with Gasteiger partial charge in [0.25, 0.3) is 0 Å². The van der Waals surface area contributed by atoms with Gasteiger partial charge in [-0.1, -0.05) is 0 Å². The maximum absolute atomic E-state index is 12.6. The topological polar surface area (TPSA) is 122 Å². The lowest BCUT2D eigenvalue weighted by atomic mass is 10.0. The first-order valence-electron chi connectivity index (χ1n) is 7.22. The minimum Gasteiger partial charge on any atom is -0.466 e. The number of carbonyl (C=O) groups is 2. The van der Waals surface area contributed by atoms with Crippen molar-refractivity contribution in [1.29, 1.82) is 0 Å². The highest BCUT2D eigenvalue weighted by molar-refractivity contribution is 6.03. The van der Waals surface area contributed by atoms with E-state index in [1.807, 2.05) is 0 Å². The summed E-state index contributed by atoms with van der Waals surface area (Å²) in [7, 11) is 0. The van der Waals surface area contributed by atoms with Gasteiger partial charge in [0.05, 0.1) is 31.2 Å². The molecule has 2 aromatic rings. The summed E-state index contributed by atoms with van der Waals surface area (Å²) in [6.45, 7) is 1.90. The number of oxazole rings is 1.